The fourth-order valence-corrected chi connectivity index (χ4v) is 4.29. The minimum Gasteiger partial charge on any atom is -0.337 e. The van der Waals surface area contributed by atoms with Crippen LogP contribution in [0.15, 0.2) is 27.6 Å². The van der Waals surface area contributed by atoms with Gasteiger partial charge in [-0.15, -0.1) is 11.3 Å². The van der Waals surface area contributed by atoms with Gasteiger partial charge in [0, 0.05) is 11.0 Å². The van der Waals surface area contributed by atoms with E-state index in [4.69, 9.17) is 4.52 Å². The number of nitrogens with zero attached hydrogens (tertiary/aromatic N) is 2. The summed E-state index contributed by atoms with van der Waals surface area (Å²) in [5.41, 5.74) is 2.05. The van der Waals surface area contributed by atoms with Gasteiger partial charge in [-0.1, -0.05) is 25.9 Å². The number of sulfonamides is 1. The van der Waals surface area contributed by atoms with Crippen LogP contribution in [0, 0.1) is 13.8 Å². The zero-order valence-corrected chi connectivity index (χ0v) is 15.8. The van der Waals surface area contributed by atoms with Crippen molar-refractivity contribution in [3.63, 3.8) is 0 Å². The molecule has 128 valence electrons. The quantitative estimate of drug-likeness (QED) is 0.758. The molecule has 8 heteroatoms. The number of hydrogen-bond acceptors (Lipinski definition) is 6. The summed E-state index contributed by atoms with van der Waals surface area (Å²) in [5, 5.41) is 4.74. The zero-order valence-electron chi connectivity index (χ0n) is 14.2. The van der Waals surface area contributed by atoms with E-state index >= 15 is 0 Å². The number of fused-ring (bicyclic) bond motifs is 1. The minimum absolute atomic E-state index is 0.0740. The monoisotopic (exact) mass is 365 g/mol. The number of aromatic nitrogens is 2. The smallest absolute Gasteiger partial charge is 0.264 e. The first-order chi connectivity index (χ1) is 11.1. The molecule has 0 atom stereocenters. The van der Waals surface area contributed by atoms with Crippen molar-refractivity contribution < 1.29 is 12.9 Å². The Morgan fingerprint density at radius 2 is 1.92 bits per heavy atom. The molecular weight excluding hydrogens is 346 g/mol. The van der Waals surface area contributed by atoms with Gasteiger partial charge in [-0.3, -0.25) is 0 Å². The van der Waals surface area contributed by atoms with Crippen LogP contribution in [-0.4, -0.2) is 18.6 Å². The molecule has 6 nitrogen and oxygen atoms in total. The van der Waals surface area contributed by atoms with E-state index in [9.17, 15) is 8.42 Å². The molecule has 2 heterocycles. The van der Waals surface area contributed by atoms with Crippen LogP contribution >= 0.6 is 11.3 Å². The zero-order chi connectivity index (χ0) is 17.7. The highest BCUT2D eigenvalue weighted by molar-refractivity contribution is 7.92. The third kappa shape index (κ3) is 3.03. The fraction of sp³-hybridized carbons (Fsp3) is 0.375. The van der Waals surface area contributed by atoms with Crippen LogP contribution in [0.3, 0.4) is 0 Å². The molecule has 0 aliphatic rings. The maximum absolute atomic E-state index is 12.6. The summed E-state index contributed by atoms with van der Waals surface area (Å²) in [5.74, 6) is 0.146. The first-order valence-corrected chi connectivity index (χ1v) is 9.75. The van der Waals surface area contributed by atoms with Crippen molar-refractivity contribution in [1.29, 1.82) is 0 Å². The maximum atomic E-state index is 12.6. The average molecular weight is 365 g/mol. The van der Waals surface area contributed by atoms with E-state index in [1.807, 2.05) is 0 Å². The van der Waals surface area contributed by atoms with E-state index < -0.39 is 10.0 Å². The van der Waals surface area contributed by atoms with Crippen LogP contribution < -0.4 is 4.72 Å². The molecular formula is C16H19N3O3S2. The molecule has 0 saturated carbocycles. The molecule has 0 bridgehead atoms. The number of anilines is 1. The molecule has 1 N–H and O–H groups in total. The molecule has 2 aromatic heterocycles. The van der Waals surface area contributed by atoms with Gasteiger partial charge >= 0.3 is 0 Å². The highest BCUT2D eigenvalue weighted by Crippen LogP contribution is 2.32. The molecule has 0 fully saturated rings. The van der Waals surface area contributed by atoms with Crippen LogP contribution in [0.5, 0.6) is 0 Å². The van der Waals surface area contributed by atoms with Gasteiger partial charge in [-0.2, -0.15) is 0 Å². The van der Waals surface area contributed by atoms with Gasteiger partial charge < -0.3 is 4.52 Å². The SMILES string of the molecule is Cc1noc(NS(=O)(=O)c2ccc3nc(C(C)(C)C)sc3c2)c1C. The van der Waals surface area contributed by atoms with Crippen LogP contribution in [0.25, 0.3) is 10.2 Å². The van der Waals surface area contributed by atoms with E-state index in [2.05, 4.69) is 35.6 Å². The Kier molecular flexibility index (Phi) is 3.92. The Hall–Kier alpha value is -1.93. The molecule has 0 radical (unpaired) electrons. The first kappa shape index (κ1) is 16.9. The summed E-state index contributed by atoms with van der Waals surface area (Å²) in [7, 11) is -3.75. The second-order valence-corrected chi connectivity index (χ2v) is 9.44. The largest absolute Gasteiger partial charge is 0.337 e. The minimum atomic E-state index is -3.75. The first-order valence-electron chi connectivity index (χ1n) is 7.45. The lowest BCUT2D eigenvalue weighted by Crippen LogP contribution is -2.13. The van der Waals surface area contributed by atoms with E-state index in [1.165, 1.54) is 11.3 Å². The van der Waals surface area contributed by atoms with E-state index in [-0.39, 0.29) is 16.2 Å². The molecule has 0 amide bonds. The topological polar surface area (TPSA) is 85.1 Å². The second kappa shape index (κ2) is 5.56. The van der Waals surface area contributed by atoms with Crippen LogP contribution in [-0.2, 0) is 15.4 Å². The molecule has 0 spiro atoms. The van der Waals surface area contributed by atoms with E-state index in [0.29, 0.717) is 11.3 Å². The van der Waals surface area contributed by atoms with Gasteiger partial charge in [0.25, 0.3) is 10.0 Å². The standard InChI is InChI=1S/C16H19N3O3S2/c1-9-10(2)18-22-14(9)19-24(20,21)11-6-7-12-13(8-11)23-15(17-12)16(3,4)5/h6-8,19H,1-5H3. The Labute approximate surface area is 144 Å². The number of rotatable bonds is 3. The van der Waals surface area contributed by atoms with Crippen molar-refractivity contribution in [1.82, 2.24) is 10.1 Å². The third-order valence-electron chi connectivity index (χ3n) is 3.70. The van der Waals surface area contributed by atoms with Crippen LogP contribution in [0.1, 0.15) is 37.0 Å². The molecule has 3 aromatic rings. The van der Waals surface area contributed by atoms with Crippen molar-refractivity contribution in [2.75, 3.05) is 4.72 Å². The molecule has 24 heavy (non-hydrogen) atoms. The third-order valence-corrected chi connectivity index (χ3v) is 6.47. The summed E-state index contributed by atoms with van der Waals surface area (Å²) in [4.78, 5) is 4.76. The van der Waals surface area contributed by atoms with Gasteiger partial charge in [0.05, 0.1) is 25.8 Å². The predicted octanol–water partition coefficient (Wildman–Crippen LogP) is 4.00. The van der Waals surface area contributed by atoms with Gasteiger partial charge in [-0.05, 0) is 32.0 Å². The highest BCUT2D eigenvalue weighted by atomic mass is 32.2. The number of hydrogen-bond donors (Lipinski definition) is 1. The van der Waals surface area contributed by atoms with Crippen molar-refractivity contribution >= 4 is 37.5 Å². The molecule has 1 aromatic carbocycles. The molecule has 0 aliphatic heterocycles. The summed E-state index contributed by atoms with van der Waals surface area (Å²) in [6.07, 6.45) is 0. The lowest BCUT2D eigenvalue weighted by molar-refractivity contribution is 0.430. The van der Waals surface area contributed by atoms with Crippen molar-refractivity contribution in [2.45, 2.75) is 44.9 Å². The van der Waals surface area contributed by atoms with Crippen LogP contribution in [0.4, 0.5) is 5.88 Å². The van der Waals surface area contributed by atoms with Crippen molar-refractivity contribution in [3.05, 3.63) is 34.5 Å². The summed E-state index contributed by atoms with van der Waals surface area (Å²) in [6, 6.07) is 4.92. The lowest BCUT2D eigenvalue weighted by Gasteiger charge is -2.13. The Bertz CT molecular complexity index is 1010. The summed E-state index contributed by atoms with van der Waals surface area (Å²) >= 11 is 1.51. The van der Waals surface area contributed by atoms with Crippen molar-refractivity contribution in [3.8, 4) is 0 Å². The predicted molar refractivity (Wildman–Crippen MR) is 95.1 cm³/mol. The number of benzene rings is 1. The fourth-order valence-electron chi connectivity index (χ4n) is 2.08. The van der Waals surface area contributed by atoms with Gasteiger partial charge in [0.15, 0.2) is 0 Å². The highest BCUT2D eigenvalue weighted by Gasteiger charge is 2.22. The number of thiazole rings is 1. The Morgan fingerprint density at radius 1 is 1.21 bits per heavy atom. The molecule has 0 unspecified atom stereocenters. The normalized spacial score (nSPS) is 12.7. The number of aryl methyl sites for hydroxylation is 1. The van der Waals surface area contributed by atoms with E-state index in [0.717, 1.165) is 15.2 Å². The van der Waals surface area contributed by atoms with E-state index in [1.54, 1.807) is 32.0 Å². The van der Waals surface area contributed by atoms with Crippen LogP contribution in [0.2, 0.25) is 0 Å². The average Bonchev–Trinajstić information content (AvgIpc) is 3.04. The lowest BCUT2D eigenvalue weighted by atomic mass is 9.98. The summed E-state index contributed by atoms with van der Waals surface area (Å²) < 4.78 is 33.5. The van der Waals surface area contributed by atoms with Gasteiger partial charge in [0.1, 0.15) is 0 Å². The van der Waals surface area contributed by atoms with Gasteiger partial charge in [0.2, 0.25) is 5.88 Å². The summed E-state index contributed by atoms with van der Waals surface area (Å²) in [6.45, 7) is 9.76. The molecule has 0 saturated heterocycles. The maximum Gasteiger partial charge on any atom is 0.264 e. The molecule has 0 aliphatic carbocycles. The number of nitrogens with one attached hydrogen (secondary N) is 1. The second-order valence-electron chi connectivity index (χ2n) is 6.73. The van der Waals surface area contributed by atoms with Crippen molar-refractivity contribution in [2.24, 2.45) is 0 Å². The molecule has 3 rings (SSSR count). The Balaban J connectivity index is 2.00. The Morgan fingerprint density at radius 3 is 2.50 bits per heavy atom. The van der Waals surface area contributed by atoms with Gasteiger partial charge in [-0.25, -0.2) is 18.1 Å².